The van der Waals surface area contributed by atoms with Crippen LogP contribution in [-0.4, -0.2) is 29.8 Å². The molecule has 0 spiro atoms. The first-order chi connectivity index (χ1) is 10.8. The van der Waals surface area contributed by atoms with Crippen LogP contribution in [0.1, 0.15) is 40.5 Å². The molecular weight excluding hydrogens is 278 g/mol. The number of ether oxygens (including phenoxy) is 1. The molecule has 1 N–H and O–H groups in total. The summed E-state index contributed by atoms with van der Waals surface area (Å²) in [6, 6.07) is 11.5. The monoisotopic (exact) mass is 297 g/mol. The standard InChI is InChI=1S/C17H19N3O2/c1-22-16-5-3-2-4-13(16)10-11-18-17(21)15-9-8-14(19-20-15)12-6-7-12/h2-5,8-9,12H,6-7,10-11H2,1H3,(H,18,21). The molecule has 0 unspecified atom stereocenters. The summed E-state index contributed by atoms with van der Waals surface area (Å²) >= 11 is 0. The first-order valence-corrected chi connectivity index (χ1v) is 7.51. The number of nitrogens with zero attached hydrogens (tertiary/aromatic N) is 2. The maximum Gasteiger partial charge on any atom is 0.271 e. The number of carbonyl (C=O) groups excluding carboxylic acids is 1. The molecule has 0 saturated heterocycles. The molecule has 0 radical (unpaired) electrons. The largest absolute Gasteiger partial charge is 0.496 e. The number of nitrogens with one attached hydrogen (secondary N) is 1. The van der Waals surface area contributed by atoms with E-state index in [4.69, 9.17) is 4.74 Å². The maximum absolute atomic E-state index is 12.0. The maximum atomic E-state index is 12.0. The molecule has 114 valence electrons. The molecule has 1 aliphatic carbocycles. The van der Waals surface area contributed by atoms with Crippen molar-refractivity contribution in [1.82, 2.24) is 15.5 Å². The zero-order valence-electron chi connectivity index (χ0n) is 12.6. The lowest BCUT2D eigenvalue weighted by Crippen LogP contribution is -2.27. The molecule has 22 heavy (non-hydrogen) atoms. The van der Waals surface area contributed by atoms with Crippen molar-refractivity contribution < 1.29 is 9.53 Å². The molecule has 0 aliphatic heterocycles. The third-order valence-electron chi connectivity index (χ3n) is 3.79. The highest BCUT2D eigenvalue weighted by molar-refractivity contribution is 5.92. The molecule has 0 atom stereocenters. The predicted molar refractivity (Wildman–Crippen MR) is 83.0 cm³/mol. The van der Waals surface area contributed by atoms with Gasteiger partial charge in [0.15, 0.2) is 5.69 Å². The van der Waals surface area contributed by atoms with Crippen LogP contribution in [0.15, 0.2) is 36.4 Å². The zero-order valence-corrected chi connectivity index (χ0v) is 12.6. The van der Waals surface area contributed by atoms with Gasteiger partial charge in [0.05, 0.1) is 12.8 Å². The van der Waals surface area contributed by atoms with Gasteiger partial charge in [0, 0.05) is 12.5 Å². The number of benzene rings is 1. The summed E-state index contributed by atoms with van der Waals surface area (Å²) in [7, 11) is 1.65. The van der Waals surface area contributed by atoms with Gasteiger partial charge in [-0.15, -0.1) is 5.10 Å². The number of hydrogen-bond donors (Lipinski definition) is 1. The van der Waals surface area contributed by atoms with Gasteiger partial charge in [-0.2, -0.15) is 5.10 Å². The van der Waals surface area contributed by atoms with E-state index in [0.29, 0.717) is 24.6 Å². The summed E-state index contributed by atoms with van der Waals surface area (Å²) in [5, 5.41) is 11.0. The lowest BCUT2D eigenvalue weighted by molar-refractivity contribution is 0.0948. The van der Waals surface area contributed by atoms with E-state index in [9.17, 15) is 4.79 Å². The Hall–Kier alpha value is -2.43. The lowest BCUT2D eigenvalue weighted by Gasteiger charge is -2.08. The molecule has 5 heteroatoms. The molecule has 1 heterocycles. The fourth-order valence-electron chi connectivity index (χ4n) is 2.37. The van der Waals surface area contributed by atoms with Crippen molar-refractivity contribution in [2.24, 2.45) is 0 Å². The zero-order chi connectivity index (χ0) is 15.4. The Kier molecular flexibility index (Phi) is 4.32. The van der Waals surface area contributed by atoms with Gasteiger partial charge in [-0.25, -0.2) is 0 Å². The van der Waals surface area contributed by atoms with Crippen molar-refractivity contribution in [1.29, 1.82) is 0 Å². The van der Waals surface area contributed by atoms with Crippen LogP contribution < -0.4 is 10.1 Å². The molecule has 5 nitrogen and oxygen atoms in total. The first kappa shape index (κ1) is 14.5. The summed E-state index contributed by atoms with van der Waals surface area (Å²) in [5.74, 6) is 1.20. The Balaban J connectivity index is 1.53. The Bertz CT molecular complexity index is 651. The molecule has 1 amide bonds. The molecule has 3 rings (SSSR count). The Morgan fingerprint density at radius 1 is 1.23 bits per heavy atom. The van der Waals surface area contributed by atoms with Crippen LogP contribution in [0.5, 0.6) is 5.75 Å². The number of para-hydroxylation sites is 1. The topological polar surface area (TPSA) is 64.1 Å². The van der Waals surface area contributed by atoms with E-state index in [1.54, 1.807) is 13.2 Å². The summed E-state index contributed by atoms with van der Waals surface area (Å²) in [6.45, 7) is 0.533. The van der Waals surface area contributed by atoms with E-state index in [-0.39, 0.29) is 5.91 Å². The van der Waals surface area contributed by atoms with E-state index in [1.165, 1.54) is 12.8 Å². The minimum atomic E-state index is -0.190. The number of hydrogen-bond acceptors (Lipinski definition) is 4. The van der Waals surface area contributed by atoms with Crippen molar-refractivity contribution in [3.8, 4) is 5.75 Å². The average Bonchev–Trinajstić information content (AvgIpc) is 3.40. The van der Waals surface area contributed by atoms with Crippen molar-refractivity contribution in [2.45, 2.75) is 25.2 Å². The second-order valence-corrected chi connectivity index (χ2v) is 5.44. The molecule has 1 aromatic carbocycles. The van der Waals surface area contributed by atoms with Crippen LogP contribution in [0, 0.1) is 0 Å². The fraction of sp³-hybridized carbons (Fsp3) is 0.353. The predicted octanol–water partition coefficient (Wildman–Crippen LogP) is 2.34. The highest BCUT2D eigenvalue weighted by atomic mass is 16.5. The van der Waals surface area contributed by atoms with Crippen LogP contribution >= 0.6 is 0 Å². The second kappa shape index (κ2) is 6.56. The average molecular weight is 297 g/mol. The molecular formula is C17H19N3O2. The van der Waals surface area contributed by atoms with E-state index in [0.717, 1.165) is 17.0 Å². The lowest BCUT2D eigenvalue weighted by atomic mass is 10.1. The molecule has 0 bridgehead atoms. The summed E-state index contributed by atoms with van der Waals surface area (Å²) in [5.41, 5.74) is 2.43. The summed E-state index contributed by atoms with van der Waals surface area (Å²) < 4.78 is 5.29. The molecule has 1 saturated carbocycles. The molecule has 1 aromatic heterocycles. The van der Waals surface area contributed by atoms with Crippen molar-refractivity contribution in [3.63, 3.8) is 0 Å². The molecule has 2 aromatic rings. The molecule has 1 fully saturated rings. The quantitative estimate of drug-likeness (QED) is 0.889. The smallest absolute Gasteiger partial charge is 0.271 e. The van der Waals surface area contributed by atoms with Gasteiger partial charge in [0.2, 0.25) is 0 Å². The molecule has 1 aliphatic rings. The number of aromatic nitrogens is 2. The van der Waals surface area contributed by atoms with Gasteiger partial charge in [-0.3, -0.25) is 4.79 Å². The third kappa shape index (κ3) is 3.42. The van der Waals surface area contributed by atoms with E-state index in [1.807, 2.05) is 30.3 Å². The Morgan fingerprint density at radius 2 is 2.05 bits per heavy atom. The van der Waals surface area contributed by atoms with Crippen LogP contribution in [0.2, 0.25) is 0 Å². The minimum absolute atomic E-state index is 0.190. The minimum Gasteiger partial charge on any atom is -0.496 e. The highest BCUT2D eigenvalue weighted by Gasteiger charge is 2.25. The summed E-state index contributed by atoms with van der Waals surface area (Å²) in [6.07, 6.45) is 3.07. The van der Waals surface area contributed by atoms with Crippen molar-refractivity contribution >= 4 is 5.91 Å². The van der Waals surface area contributed by atoms with Gasteiger partial charge in [-0.05, 0) is 43.0 Å². The van der Waals surface area contributed by atoms with Crippen LogP contribution in [0.25, 0.3) is 0 Å². The number of rotatable bonds is 6. The first-order valence-electron chi connectivity index (χ1n) is 7.51. The van der Waals surface area contributed by atoms with Gasteiger partial charge in [-0.1, -0.05) is 18.2 Å². The van der Waals surface area contributed by atoms with Gasteiger partial charge in [0.25, 0.3) is 5.91 Å². The van der Waals surface area contributed by atoms with E-state index >= 15 is 0 Å². The highest BCUT2D eigenvalue weighted by Crippen LogP contribution is 2.38. The Morgan fingerprint density at radius 3 is 2.73 bits per heavy atom. The van der Waals surface area contributed by atoms with Crippen LogP contribution in [-0.2, 0) is 6.42 Å². The van der Waals surface area contributed by atoms with Gasteiger partial charge >= 0.3 is 0 Å². The third-order valence-corrected chi connectivity index (χ3v) is 3.79. The van der Waals surface area contributed by atoms with E-state index < -0.39 is 0 Å². The van der Waals surface area contributed by atoms with Crippen molar-refractivity contribution in [3.05, 3.63) is 53.3 Å². The number of amides is 1. The van der Waals surface area contributed by atoms with Crippen LogP contribution in [0.3, 0.4) is 0 Å². The number of methoxy groups -OCH3 is 1. The van der Waals surface area contributed by atoms with Gasteiger partial charge in [0.1, 0.15) is 5.75 Å². The van der Waals surface area contributed by atoms with Crippen LogP contribution in [0.4, 0.5) is 0 Å². The normalized spacial score (nSPS) is 13.7. The fourth-order valence-corrected chi connectivity index (χ4v) is 2.37. The Labute approximate surface area is 129 Å². The second-order valence-electron chi connectivity index (χ2n) is 5.44. The van der Waals surface area contributed by atoms with E-state index in [2.05, 4.69) is 15.5 Å². The number of carbonyl (C=O) groups is 1. The van der Waals surface area contributed by atoms with Crippen molar-refractivity contribution in [2.75, 3.05) is 13.7 Å². The summed E-state index contributed by atoms with van der Waals surface area (Å²) in [4.78, 5) is 12.0. The SMILES string of the molecule is COc1ccccc1CCNC(=O)c1ccc(C2CC2)nn1. The van der Waals surface area contributed by atoms with Gasteiger partial charge < -0.3 is 10.1 Å².